The van der Waals surface area contributed by atoms with Gasteiger partial charge in [-0.15, -0.1) is 0 Å². The largest absolute Gasteiger partial charge is 0.481 e. The van der Waals surface area contributed by atoms with Crippen molar-refractivity contribution in [2.45, 2.75) is 12.5 Å². The molecule has 0 aromatic rings. The molecule has 0 aliphatic heterocycles. The van der Waals surface area contributed by atoms with Gasteiger partial charge in [0.05, 0.1) is 12.0 Å². The van der Waals surface area contributed by atoms with E-state index in [1.807, 2.05) is 0 Å². The number of aliphatic carboxylic acids is 1. The van der Waals surface area contributed by atoms with Crippen LogP contribution in [0, 0.1) is 5.92 Å². The molecule has 0 aromatic carbocycles. The summed E-state index contributed by atoms with van der Waals surface area (Å²) < 4.78 is 0. The standard InChI is InChI=1S/C6H8O3/c7-5-2-1-4(3-5)6(8)9/h1-2,4-5,7H,3H2,(H,8,9). The fourth-order valence-corrected chi connectivity index (χ4v) is 0.863. The first-order valence-electron chi connectivity index (χ1n) is 2.79. The van der Waals surface area contributed by atoms with Gasteiger partial charge in [-0.1, -0.05) is 12.2 Å². The summed E-state index contributed by atoms with van der Waals surface area (Å²) in [5.74, 6) is -1.33. The molecule has 1 rings (SSSR count). The van der Waals surface area contributed by atoms with Crippen LogP contribution in [0.25, 0.3) is 0 Å². The molecular formula is C6H8O3. The minimum atomic E-state index is -0.859. The molecule has 2 N–H and O–H groups in total. The summed E-state index contributed by atoms with van der Waals surface area (Å²) in [7, 11) is 0. The Morgan fingerprint density at radius 3 is 2.44 bits per heavy atom. The first-order chi connectivity index (χ1) is 4.20. The van der Waals surface area contributed by atoms with E-state index in [0.717, 1.165) is 0 Å². The molecule has 0 fully saturated rings. The lowest BCUT2D eigenvalue weighted by Gasteiger charge is -1.99. The zero-order valence-electron chi connectivity index (χ0n) is 4.82. The van der Waals surface area contributed by atoms with Crippen molar-refractivity contribution in [2.75, 3.05) is 0 Å². The predicted molar refractivity (Wildman–Crippen MR) is 30.9 cm³/mol. The fourth-order valence-electron chi connectivity index (χ4n) is 0.863. The number of carboxylic acids is 1. The lowest BCUT2D eigenvalue weighted by Crippen LogP contribution is -2.11. The van der Waals surface area contributed by atoms with E-state index >= 15 is 0 Å². The van der Waals surface area contributed by atoms with Gasteiger partial charge in [0.1, 0.15) is 0 Å². The Morgan fingerprint density at radius 1 is 1.56 bits per heavy atom. The molecular weight excluding hydrogens is 120 g/mol. The van der Waals surface area contributed by atoms with E-state index in [2.05, 4.69) is 0 Å². The average Bonchev–Trinajstić information content (AvgIpc) is 2.14. The van der Waals surface area contributed by atoms with Crippen molar-refractivity contribution in [1.29, 1.82) is 0 Å². The minimum Gasteiger partial charge on any atom is -0.481 e. The van der Waals surface area contributed by atoms with Crippen LogP contribution in [0.3, 0.4) is 0 Å². The summed E-state index contributed by atoms with van der Waals surface area (Å²) in [6.07, 6.45) is 2.81. The van der Waals surface area contributed by atoms with Gasteiger partial charge in [0, 0.05) is 0 Å². The Bertz CT molecular complexity index is 150. The molecule has 50 valence electrons. The van der Waals surface area contributed by atoms with Gasteiger partial charge in [0.15, 0.2) is 0 Å². The summed E-state index contributed by atoms with van der Waals surface area (Å²) in [6.45, 7) is 0. The summed E-state index contributed by atoms with van der Waals surface area (Å²) in [5.41, 5.74) is 0. The highest BCUT2D eigenvalue weighted by Crippen LogP contribution is 2.16. The number of rotatable bonds is 1. The molecule has 0 heterocycles. The van der Waals surface area contributed by atoms with Crippen LogP contribution in [0.2, 0.25) is 0 Å². The first-order valence-corrected chi connectivity index (χ1v) is 2.79. The molecule has 0 amide bonds. The molecule has 9 heavy (non-hydrogen) atoms. The van der Waals surface area contributed by atoms with E-state index in [4.69, 9.17) is 10.2 Å². The summed E-state index contributed by atoms with van der Waals surface area (Å²) in [6, 6.07) is 0. The van der Waals surface area contributed by atoms with E-state index in [1.54, 1.807) is 0 Å². The van der Waals surface area contributed by atoms with E-state index in [1.165, 1.54) is 12.2 Å². The maximum absolute atomic E-state index is 10.2. The molecule has 2 atom stereocenters. The molecule has 3 nitrogen and oxygen atoms in total. The van der Waals surface area contributed by atoms with Gasteiger partial charge >= 0.3 is 5.97 Å². The second kappa shape index (κ2) is 2.19. The number of hydrogen-bond donors (Lipinski definition) is 2. The highest BCUT2D eigenvalue weighted by atomic mass is 16.4. The van der Waals surface area contributed by atoms with Crippen LogP contribution in [0.1, 0.15) is 6.42 Å². The van der Waals surface area contributed by atoms with E-state index in [0.29, 0.717) is 6.42 Å². The Balaban J connectivity index is 2.50. The summed E-state index contributed by atoms with van der Waals surface area (Å²) in [5, 5.41) is 17.2. The second-order valence-electron chi connectivity index (χ2n) is 2.13. The van der Waals surface area contributed by atoms with Crippen molar-refractivity contribution in [2.24, 2.45) is 5.92 Å². The third-order valence-electron chi connectivity index (χ3n) is 1.38. The smallest absolute Gasteiger partial charge is 0.310 e. The molecule has 3 heteroatoms. The van der Waals surface area contributed by atoms with Crippen LogP contribution < -0.4 is 0 Å². The number of aliphatic hydroxyl groups is 1. The van der Waals surface area contributed by atoms with Gasteiger partial charge in [0.25, 0.3) is 0 Å². The molecule has 0 aromatic heterocycles. The lowest BCUT2D eigenvalue weighted by atomic mass is 10.1. The second-order valence-corrected chi connectivity index (χ2v) is 2.13. The van der Waals surface area contributed by atoms with Crippen molar-refractivity contribution in [3.63, 3.8) is 0 Å². The first kappa shape index (κ1) is 6.29. The maximum atomic E-state index is 10.2. The highest BCUT2D eigenvalue weighted by Gasteiger charge is 2.22. The number of carbonyl (C=O) groups is 1. The number of aliphatic hydroxyl groups excluding tert-OH is 1. The number of hydrogen-bond acceptors (Lipinski definition) is 2. The molecule has 2 unspecified atom stereocenters. The highest BCUT2D eigenvalue weighted by molar-refractivity contribution is 5.72. The van der Waals surface area contributed by atoms with Crippen LogP contribution in [0.5, 0.6) is 0 Å². The predicted octanol–water partition coefficient (Wildman–Crippen LogP) is 0.00800. The van der Waals surface area contributed by atoms with Crippen LogP contribution in [-0.4, -0.2) is 22.3 Å². The molecule has 0 saturated carbocycles. The van der Waals surface area contributed by atoms with E-state index < -0.39 is 18.0 Å². The number of carboxylic acid groups (broad SMARTS) is 1. The third-order valence-corrected chi connectivity index (χ3v) is 1.38. The third kappa shape index (κ3) is 1.29. The lowest BCUT2D eigenvalue weighted by molar-refractivity contribution is -0.140. The summed E-state index contributed by atoms with van der Waals surface area (Å²) in [4.78, 5) is 10.2. The molecule has 0 bridgehead atoms. The van der Waals surface area contributed by atoms with Gasteiger partial charge in [-0.25, -0.2) is 0 Å². The SMILES string of the molecule is O=C(O)C1C=CC(O)C1. The molecule has 1 aliphatic rings. The molecule has 0 saturated heterocycles. The molecule has 0 radical (unpaired) electrons. The van der Waals surface area contributed by atoms with Gasteiger partial charge in [-0.05, 0) is 6.42 Å². The van der Waals surface area contributed by atoms with Gasteiger partial charge in [-0.2, -0.15) is 0 Å². The summed E-state index contributed by atoms with van der Waals surface area (Å²) >= 11 is 0. The van der Waals surface area contributed by atoms with Crippen LogP contribution in [-0.2, 0) is 4.79 Å². The Kier molecular flexibility index (Phi) is 1.53. The van der Waals surface area contributed by atoms with Gasteiger partial charge < -0.3 is 10.2 Å². The van der Waals surface area contributed by atoms with Crippen LogP contribution in [0.4, 0.5) is 0 Å². The zero-order valence-corrected chi connectivity index (χ0v) is 4.82. The van der Waals surface area contributed by atoms with Crippen molar-refractivity contribution in [1.82, 2.24) is 0 Å². The Hall–Kier alpha value is -0.830. The van der Waals surface area contributed by atoms with Crippen molar-refractivity contribution in [3.8, 4) is 0 Å². The Labute approximate surface area is 52.6 Å². The minimum absolute atomic E-state index is 0.329. The average molecular weight is 128 g/mol. The zero-order chi connectivity index (χ0) is 6.85. The fraction of sp³-hybridized carbons (Fsp3) is 0.500. The van der Waals surface area contributed by atoms with Crippen LogP contribution >= 0.6 is 0 Å². The molecule has 0 spiro atoms. The van der Waals surface area contributed by atoms with E-state index in [9.17, 15) is 4.79 Å². The van der Waals surface area contributed by atoms with Crippen LogP contribution in [0.15, 0.2) is 12.2 Å². The van der Waals surface area contributed by atoms with Gasteiger partial charge in [-0.3, -0.25) is 4.79 Å². The molecule has 1 aliphatic carbocycles. The van der Waals surface area contributed by atoms with Crippen molar-refractivity contribution >= 4 is 5.97 Å². The van der Waals surface area contributed by atoms with E-state index in [-0.39, 0.29) is 0 Å². The van der Waals surface area contributed by atoms with Crippen molar-refractivity contribution in [3.05, 3.63) is 12.2 Å². The van der Waals surface area contributed by atoms with Crippen molar-refractivity contribution < 1.29 is 15.0 Å². The maximum Gasteiger partial charge on any atom is 0.310 e. The Morgan fingerprint density at radius 2 is 2.22 bits per heavy atom. The van der Waals surface area contributed by atoms with Gasteiger partial charge in [0.2, 0.25) is 0 Å². The normalized spacial score (nSPS) is 33.0. The monoisotopic (exact) mass is 128 g/mol. The topological polar surface area (TPSA) is 57.5 Å². The quantitative estimate of drug-likeness (QED) is 0.489.